The highest BCUT2D eigenvalue weighted by Crippen LogP contribution is 2.24. The van der Waals surface area contributed by atoms with E-state index in [1.54, 1.807) is 6.08 Å². The molecule has 0 bridgehead atoms. The quantitative estimate of drug-likeness (QED) is 0.0690. The van der Waals surface area contributed by atoms with Crippen LogP contribution in [0.2, 0.25) is 0 Å². The molecule has 1 amide bonds. The van der Waals surface area contributed by atoms with Crippen molar-refractivity contribution in [3.8, 4) is 0 Å². The van der Waals surface area contributed by atoms with Gasteiger partial charge in [0.05, 0.1) is 12.1 Å². The average molecular weight is 576 g/mol. The van der Waals surface area contributed by atoms with E-state index in [2.05, 4.69) is 20.1 Å². The summed E-state index contributed by atoms with van der Waals surface area (Å²) < 4.78 is 5.30. The number of hydrogen-bond donors (Lipinski definition) is 2. The lowest BCUT2D eigenvalue weighted by molar-refractivity contribution is -0.141. The fourth-order valence-electron chi connectivity index (χ4n) is 4.39. The van der Waals surface area contributed by atoms with Crippen molar-refractivity contribution in [3.05, 3.63) is 47.7 Å². The van der Waals surface area contributed by atoms with Gasteiger partial charge in [0.1, 0.15) is 6.61 Å². The molecule has 8 nitrogen and oxygen atoms in total. The minimum absolute atomic E-state index is 0.0160. The van der Waals surface area contributed by atoms with Gasteiger partial charge in [0.25, 0.3) is 5.91 Å². The summed E-state index contributed by atoms with van der Waals surface area (Å²) in [6.45, 7) is 15.5. The highest BCUT2D eigenvalue weighted by molar-refractivity contribution is 5.95. The van der Waals surface area contributed by atoms with E-state index in [0.29, 0.717) is 24.8 Å². The average Bonchev–Trinajstić information content (AvgIpc) is 2.94. The van der Waals surface area contributed by atoms with Crippen molar-refractivity contribution in [3.63, 3.8) is 0 Å². The maximum atomic E-state index is 13.4. The molecule has 0 aliphatic rings. The van der Waals surface area contributed by atoms with Crippen LogP contribution in [0.1, 0.15) is 118 Å². The lowest BCUT2D eigenvalue weighted by atomic mass is 9.89. The summed E-state index contributed by atoms with van der Waals surface area (Å²) in [5.41, 5.74) is 0.809. The third-order valence-electron chi connectivity index (χ3n) is 7.04. The Morgan fingerprint density at radius 3 is 2.00 bits per heavy atom. The number of nitrogens with zero attached hydrogens (tertiary/aromatic N) is 1. The molecule has 0 aliphatic heterocycles. The van der Waals surface area contributed by atoms with Crippen LogP contribution in [0.25, 0.3) is 0 Å². The Bertz CT molecular complexity index is 932. The Balaban J connectivity index is 5.79. The van der Waals surface area contributed by atoms with Crippen LogP contribution < -0.4 is 0 Å². The normalized spacial score (nSPS) is 12.5. The molecule has 1 atom stereocenters. The second kappa shape index (κ2) is 22.5. The topological polar surface area (TPSA) is 121 Å². The number of esters is 1. The molecule has 0 aromatic carbocycles. The lowest BCUT2D eigenvalue weighted by Crippen LogP contribution is -2.32. The highest BCUT2D eigenvalue weighted by Gasteiger charge is 2.22. The molecule has 232 valence electrons. The fraction of sp³-hybridized carbons (Fsp3) is 0.636. The molecule has 0 fully saturated rings. The third kappa shape index (κ3) is 16.0. The number of aliphatic carboxylic acids is 2. The second-order valence-corrected chi connectivity index (χ2v) is 10.5. The molecule has 0 aliphatic carbocycles. The molecule has 0 saturated carbocycles. The first-order chi connectivity index (χ1) is 19.5. The predicted octanol–water partition coefficient (Wildman–Crippen LogP) is 7.61. The predicted molar refractivity (Wildman–Crippen MR) is 163 cm³/mol. The smallest absolute Gasteiger partial charge is 0.333 e. The Morgan fingerprint density at radius 2 is 1.44 bits per heavy atom. The van der Waals surface area contributed by atoms with Gasteiger partial charge in [-0.25, -0.2) is 14.4 Å². The van der Waals surface area contributed by atoms with Gasteiger partial charge in [0, 0.05) is 22.9 Å². The van der Waals surface area contributed by atoms with Crippen molar-refractivity contribution in [2.45, 2.75) is 118 Å². The zero-order chi connectivity index (χ0) is 31.2. The first-order valence-corrected chi connectivity index (χ1v) is 15.2. The van der Waals surface area contributed by atoms with Crippen LogP contribution in [0.5, 0.6) is 0 Å². The summed E-state index contributed by atoms with van der Waals surface area (Å²) in [5, 5.41) is 19.6. The van der Waals surface area contributed by atoms with Crippen LogP contribution in [-0.2, 0) is 23.9 Å². The maximum Gasteiger partial charge on any atom is 0.333 e. The molecule has 1 unspecified atom stereocenters. The summed E-state index contributed by atoms with van der Waals surface area (Å²) in [4.78, 5) is 50.8. The van der Waals surface area contributed by atoms with E-state index in [1.807, 2.05) is 20.8 Å². The lowest BCUT2D eigenvalue weighted by Gasteiger charge is -2.21. The van der Waals surface area contributed by atoms with Gasteiger partial charge in [-0.3, -0.25) is 4.79 Å². The van der Waals surface area contributed by atoms with Gasteiger partial charge in [-0.1, -0.05) is 91.9 Å². The number of carboxylic acid groups (broad SMARTS) is 2. The summed E-state index contributed by atoms with van der Waals surface area (Å²) in [6, 6.07) is 0. The molecule has 41 heavy (non-hydrogen) atoms. The van der Waals surface area contributed by atoms with Crippen molar-refractivity contribution in [2.75, 3.05) is 13.2 Å². The van der Waals surface area contributed by atoms with Gasteiger partial charge in [-0.05, 0) is 50.9 Å². The number of carboxylic acids is 2. The van der Waals surface area contributed by atoms with E-state index in [4.69, 9.17) is 4.74 Å². The van der Waals surface area contributed by atoms with Crippen LogP contribution in [0.4, 0.5) is 0 Å². The minimum atomic E-state index is -1.13. The van der Waals surface area contributed by atoms with Crippen LogP contribution in [0.3, 0.4) is 0 Å². The molecule has 0 rings (SSSR count). The first kappa shape index (κ1) is 37.8. The van der Waals surface area contributed by atoms with Gasteiger partial charge in [0.15, 0.2) is 0 Å². The summed E-state index contributed by atoms with van der Waals surface area (Å²) >= 11 is 0. The van der Waals surface area contributed by atoms with E-state index < -0.39 is 23.8 Å². The van der Waals surface area contributed by atoms with Crippen LogP contribution in [0, 0.1) is 5.92 Å². The number of rotatable bonds is 24. The summed E-state index contributed by atoms with van der Waals surface area (Å²) in [7, 11) is 0. The van der Waals surface area contributed by atoms with Crippen LogP contribution >= 0.6 is 0 Å². The molecule has 0 heterocycles. The van der Waals surface area contributed by atoms with Crippen molar-refractivity contribution < 1.29 is 34.1 Å². The van der Waals surface area contributed by atoms with E-state index in [-0.39, 0.29) is 48.6 Å². The Morgan fingerprint density at radius 1 is 0.805 bits per heavy atom. The SMILES string of the molecule is C=C(CCCC)C(=O)OCCN(C=C(CCCCC)C(=O)O)C(=O)C(=C)CC=C(C(=O)O)C(CC)CCCCCC. The second-order valence-electron chi connectivity index (χ2n) is 10.5. The van der Waals surface area contributed by atoms with E-state index >= 15 is 0 Å². The van der Waals surface area contributed by atoms with E-state index in [0.717, 1.165) is 57.8 Å². The standard InChI is InChI=1S/C33H53NO7/c1-7-11-14-16-18-27(10-4)29(32(38)39)21-20-25(5)30(35)34(24-28(31(36)37)19-15-12-8-2)22-23-41-33(40)26(6)17-13-9-3/h21,24,27H,5-20,22-23H2,1-4H3,(H,36,37)(H,38,39). The number of carbonyl (C=O) groups is 4. The van der Waals surface area contributed by atoms with Crippen LogP contribution in [0.15, 0.2) is 47.7 Å². The fourth-order valence-corrected chi connectivity index (χ4v) is 4.39. The zero-order valence-electron chi connectivity index (χ0n) is 25.8. The molecule has 0 radical (unpaired) electrons. The number of ether oxygens (including phenoxy) is 1. The number of carbonyl (C=O) groups excluding carboxylic acids is 2. The number of allylic oxidation sites excluding steroid dienone is 1. The van der Waals surface area contributed by atoms with Crippen molar-refractivity contribution in [1.82, 2.24) is 4.90 Å². The van der Waals surface area contributed by atoms with Crippen molar-refractivity contribution in [1.29, 1.82) is 0 Å². The summed E-state index contributed by atoms with van der Waals surface area (Å²) in [5.74, 6) is -3.36. The monoisotopic (exact) mass is 575 g/mol. The Kier molecular flexibility index (Phi) is 20.8. The third-order valence-corrected chi connectivity index (χ3v) is 7.04. The number of hydrogen-bond acceptors (Lipinski definition) is 5. The molecule has 0 aromatic heterocycles. The molecule has 0 spiro atoms. The molecular formula is C33H53NO7. The van der Waals surface area contributed by atoms with Gasteiger partial charge in [-0.2, -0.15) is 0 Å². The molecule has 0 saturated heterocycles. The van der Waals surface area contributed by atoms with Crippen molar-refractivity contribution >= 4 is 23.8 Å². The van der Waals surface area contributed by atoms with Crippen molar-refractivity contribution in [2.24, 2.45) is 5.92 Å². The molecule has 2 N–H and O–H groups in total. The Labute approximate surface area is 247 Å². The summed E-state index contributed by atoms with van der Waals surface area (Å²) in [6.07, 6.45) is 13.4. The van der Waals surface area contributed by atoms with E-state index in [1.165, 1.54) is 11.1 Å². The highest BCUT2D eigenvalue weighted by atomic mass is 16.5. The van der Waals surface area contributed by atoms with Gasteiger partial charge < -0.3 is 19.8 Å². The maximum absolute atomic E-state index is 13.4. The van der Waals surface area contributed by atoms with E-state index in [9.17, 15) is 29.4 Å². The first-order valence-electron chi connectivity index (χ1n) is 15.2. The van der Waals surface area contributed by atoms with Crippen LogP contribution in [-0.4, -0.2) is 52.1 Å². The number of unbranched alkanes of at least 4 members (excludes halogenated alkanes) is 6. The van der Waals surface area contributed by atoms with Gasteiger partial charge in [0.2, 0.25) is 0 Å². The van der Waals surface area contributed by atoms with Gasteiger partial charge in [-0.15, -0.1) is 0 Å². The number of amides is 1. The molecular weight excluding hydrogens is 522 g/mol. The molecule has 0 aromatic rings. The molecule has 8 heteroatoms. The largest absolute Gasteiger partial charge is 0.478 e. The van der Waals surface area contributed by atoms with Gasteiger partial charge >= 0.3 is 17.9 Å². The Hall–Kier alpha value is -3.16. The minimum Gasteiger partial charge on any atom is -0.478 e. The zero-order valence-corrected chi connectivity index (χ0v) is 25.8.